The molecule has 0 saturated carbocycles. The van der Waals surface area contributed by atoms with Gasteiger partial charge >= 0.3 is 0 Å². The predicted octanol–water partition coefficient (Wildman–Crippen LogP) is -0.864. The Morgan fingerprint density at radius 3 is 2.12 bits per heavy atom. The molecule has 6 N–H and O–H groups in total. The summed E-state index contributed by atoms with van der Waals surface area (Å²) in [4.78, 5) is -0.752. The molecule has 1 aromatic rings. The molecule has 0 bridgehead atoms. The number of allylic oxidation sites excluding steroid dienone is 1. The number of anilines is 1. The van der Waals surface area contributed by atoms with E-state index in [1.807, 2.05) is 0 Å². The van der Waals surface area contributed by atoms with E-state index in [4.69, 9.17) is 11.5 Å². The highest BCUT2D eigenvalue weighted by atomic mass is 32.3. The summed E-state index contributed by atoms with van der Waals surface area (Å²) in [7, 11) is -16.2. The molecule has 2 atom stereocenters. The predicted molar refractivity (Wildman–Crippen MR) is 87.0 cm³/mol. The zero-order chi connectivity index (χ0) is 19.1. The number of nitrogen functional groups attached to an aromatic ring is 1. The Kier molecular flexibility index (Phi) is 3.30. The Bertz CT molecular complexity index is 1180. The molecule has 0 fully saturated rings. The Labute approximate surface area is 143 Å². The third-order valence-corrected chi connectivity index (χ3v) is 10.7. The molecular formula is C12H12N2O8S3. The monoisotopic (exact) mass is 408 g/mol. The van der Waals surface area contributed by atoms with E-state index in [0.29, 0.717) is 12.2 Å². The van der Waals surface area contributed by atoms with E-state index in [2.05, 4.69) is 0 Å². The molecule has 0 amide bonds. The largest absolute Gasteiger partial charge is 0.399 e. The normalized spacial score (nSPS) is 30.4. The van der Waals surface area contributed by atoms with Crippen LogP contribution in [0.25, 0.3) is 0 Å². The maximum atomic E-state index is 13.0. The Morgan fingerprint density at radius 1 is 1.00 bits per heavy atom. The topological polar surface area (TPSA) is 195 Å². The fourth-order valence-electron chi connectivity index (χ4n) is 3.30. The number of hydrogen-bond acceptors (Lipinski definition) is 8. The summed E-state index contributed by atoms with van der Waals surface area (Å²) in [6, 6.07) is 2.94. The highest BCUT2D eigenvalue weighted by Gasteiger charge is 2.78. The molecule has 1 aliphatic carbocycles. The van der Waals surface area contributed by atoms with Crippen molar-refractivity contribution in [1.29, 1.82) is 0 Å². The summed E-state index contributed by atoms with van der Waals surface area (Å²) in [5.74, 6) is 0. The van der Waals surface area contributed by atoms with Crippen LogP contribution in [0.2, 0.25) is 0 Å². The van der Waals surface area contributed by atoms with E-state index in [0.717, 1.165) is 24.3 Å². The molecule has 10 nitrogen and oxygen atoms in total. The van der Waals surface area contributed by atoms with Gasteiger partial charge in [0.2, 0.25) is 9.84 Å². The number of sulfone groups is 1. The zero-order valence-electron chi connectivity index (χ0n) is 12.2. The van der Waals surface area contributed by atoms with Crippen molar-refractivity contribution >= 4 is 35.8 Å². The average Bonchev–Trinajstić information content (AvgIpc) is 2.62. The van der Waals surface area contributed by atoms with Gasteiger partial charge in [-0.2, -0.15) is 16.8 Å². The summed E-state index contributed by atoms with van der Waals surface area (Å²) >= 11 is 0. The van der Waals surface area contributed by atoms with Crippen molar-refractivity contribution in [2.75, 3.05) is 5.73 Å². The third-order valence-electron chi connectivity index (χ3n) is 4.27. The van der Waals surface area contributed by atoms with E-state index < -0.39 is 55.1 Å². The molecule has 2 unspecified atom stereocenters. The highest BCUT2D eigenvalue weighted by molar-refractivity contribution is 8.10. The van der Waals surface area contributed by atoms with Crippen molar-refractivity contribution in [3.63, 3.8) is 0 Å². The van der Waals surface area contributed by atoms with E-state index in [9.17, 15) is 34.4 Å². The molecule has 13 heteroatoms. The highest BCUT2D eigenvalue weighted by Crippen LogP contribution is 2.60. The third kappa shape index (κ3) is 1.81. The first kappa shape index (κ1) is 17.9. The number of rotatable bonds is 2. The van der Waals surface area contributed by atoms with Crippen LogP contribution < -0.4 is 11.5 Å². The zero-order valence-corrected chi connectivity index (χ0v) is 14.6. The van der Waals surface area contributed by atoms with Crippen LogP contribution in [0.1, 0.15) is 5.56 Å². The van der Waals surface area contributed by atoms with Gasteiger partial charge in [-0.05, 0) is 24.3 Å². The minimum Gasteiger partial charge on any atom is -0.399 e. The second kappa shape index (κ2) is 4.62. The van der Waals surface area contributed by atoms with Crippen LogP contribution in [0, 0.1) is 0 Å². The second-order valence-electron chi connectivity index (χ2n) is 5.59. The van der Waals surface area contributed by atoms with Crippen LogP contribution in [-0.4, -0.2) is 38.4 Å². The van der Waals surface area contributed by atoms with Crippen molar-refractivity contribution in [1.82, 2.24) is 0 Å². The van der Waals surface area contributed by atoms with Gasteiger partial charge in [0.25, 0.3) is 24.3 Å². The molecule has 1 heterocycles. The first-order valence-corrected chi connectivity index (χ1v) is 10.8. The van der Waals surface area contributed by atoms with E-state index in [-0.39, 0.29) is 5.69 Å². The van der Waals surface area contributed by atoms with Crippen LogP contribution in [0.4, 0.5) is 5.69 Å². The quantitative estimate of drug-likeness (QED) is 0.353. The standard InChI is InChI=1S/C12H12N2O8S3/c13-7-1-2-9-10(5-7)23(15,16)12(25(20,21)22)6-8(14)3-4-11(9,12)24(17,18)19/h1-6H,13-14H2,(H,17,18,19)(H,20,21,22). The van der Waals surface area contributed by atoms with Crippen LogP contribution in [0.5, 0.6) is 0 Å². The SMILES string of the molecule is NC1=CC2(S(=O)(=O)O)C(S(=O)(=O)O)(C=C1)c1ccc(N)cc1S2(=O)=O. The van der Waals surface area contributed by atoms with Crippen molar-refractivity contribution in [3.8, 4) is 0 Å². The van der Waals surface area contributed by atoms with Gasteiger partial charge in [-0.3, -0.25) is 9.11 Å². The molecule has 3 rings (SSSR count). The number of nitrogens with two attached hydrogens (primary N) is 2. The molecular weight excluding hydrogens is 396 g/mol. The van der Waals surface area contributed by atoms with Crippen molar-refractivity contribution in [2.45, 2.75) is 13.7 Å². The lowest BCUT2D eigenvalue weighted by atomic mass is 9.89. The van der Waals surface area contributed by atoms with E-state index >= 15 is 0 Å². The van der Waals surface area contributed by atoms with Crippen molar-refractivity contribution in [2.24, 2.45) is 5.73 Å². The van der Waals surface area contributed by atoms with Gasteiger partial charge in [-0.15, -0.1) is 0 Å². The minimum atomic E-state index is -5.66. The number of fused-ring (bicyclic) bond motifs is 3. The van der Waals surface area contributed by atoms with Crippen LogP contribution in [-0.2, 0) is 34.8 Å². The first-order valence-electron chi connectivity index (χ1n) is 6.49. The second-order valence-corrected chi connectivity index (χ2v) is 11.1. The summed E-state index contributed by atoms with van der Waals surface area (Å²) in [5, 5.41) is 0. The smallest absolute Gasteiger partial charge is 0.291 e. The van der Waals surface area contributed by atoms with E-state index in [1.54, 1.807) is 0 Å². The lowest BCUT2D eigenvalue weighted by molar-refractivity contribution is 0.416. The summed E-state index contributed by atoms with van der Waals surface area (Å²) in [6.07, 6.45) is 1.95. The molecule has 0 aromatic heterocycles. The molecule has 136 valence electrons. The Morgan fingerprint density at radius 2 is 1.60 bits per heavy atom. The summed E-state index contributed by atoms with van der Waals surface area (Å²) in [5.41, 5.74) is 9.92. The fourth-order valence-corrected chi connectivity index (χ4v) is 9.99. The van der Waals surface area contributed by atoms with Crippen molar-refractivity contribution < 1.29 is 34.4 Å². The molecule has 1 aromatic carbocycles. The van der Waals surface area contributed by atoms with Gasteiger partial charge in [0, 0.05) is 16.9 Å². The molecule has 0 saturated heterocycles. The lowest BCUT2D eigenvalue weighted by Gasteiger charge is -2.37. The maximum Gasteiger partial charge on any atom is 0.291 e. The Hall–Kier alpha value is -1.93. The van der Waals surface area contributed by atoms with E-state index in [1.165, 1.54) is 0 Å². The van der Waals surface area contributed by atoms with Gasteiger partial charge in [0.1, 0.15) is 0 Å². The van der Waals surface area contributed by atoms with Gasteiger partial charge < -0.3 is 11.5 Å². The molecule has 1 aliphatic heterocycles. The van der Waals surface area contributed by atoms with Gasteiger partial charge in [-0.1, -0.05) is 12.1 Å². The van der Waals surface area contributed by atoms with Crippen LogP contribution in [0.3, 0.4) is 0 Å². The van der Waals surface area contributed by atoms with Crippen LogP contribution in [0.15, 0.2) is 47.0 Å². The molecule has 0 spiro atoms. The lowest BCUT2D eigenvalue weighted by Crippen LogP contribution is -2.60. The number of hydrogen-bond donors (Lipinski definition) is 4. The number of benzene rings is 1. The molecule has 0 radical (unpaired) electrons. The van der Waals surface area contributed by atoms with Crippen molar-refractivity contribution in [3.05, 3.63) is 47.7 Å². The summed E-state index contributed by atoms with van der Waals surface area (Å²) < 4.78 is 88.0. The van der Waals surface area contributed by atoms with Crippen LogP contribution >= 0.6 is 0 Å². The fraction of sp³-hybridized carbons (Fsp3) is 0.167. The first-order chi connectivity index (χ1) is 11.2. The van der Waals surface area contributed by atoms with Gasteiger partial charge in [0.15, 0.2) is 4.75 Å². The summed E-state index contributed by atoms with van der Waals surface area (Å²) in [6.45, 7) is 0. The molecule has 25 heavy (non-hydrogen) atoms. The maximum absolute atomic E-state index is 13.0. The average molecular weight is 408 g/mol. The minimum absolute atomic E-state index is 0.0992. The van der Waals surface area contributed by atoms with Gasteiger partial charge in [0.05, 0.1) is 4.90 Å². The Balaban J connectivity index is 2.74. The molecule has 2 aliphatic rings. The van der Waals surface area contributed by atoms with Gasteiger partial charge in [-0.25, -0.2) is 8.42 Å².